The van der Waals surface area contributed by atoms with Gasteiger partial charge in [0.2, 0.25) is 11.8 Å². The van der Waals surface area contributed by atoms with Crippen molar-refractivity contribution < 1.29 is 14.0 Å². The highest BCUT2D eigenvalue weighted by atomic mass is 19.1. The van der Waals surface area contributed by atoms with E-state index in [-0.39, 0.29) is 29.5 Å². The van der Waals surface area contributed by atoms with Crippen LogP contribution in [0, 0.1) is 31.5 Å². The maximum Gasteiger partial charge on any atom is 0.227 e. The van der Waals surface area contributed by atoms with Gasteiger partial charge in [-0.1, -0.05) is 12.1 Å². The number of nitrogens with one attached hydrogen (secondary N) is 2. The number of amides is 2. The van der Waals surface area contributed by atoms with Gasteiger partial charge in [-0.25, -0.2) is 4.39 Å². The third kappa shape index (κ3) is 4.94. The smallest absolute Gasteiger partial charge is 0.227 e. The molecule has 0 saturated heterocycles. The molecule has 2 aromatic rings. The summed E-state index contributed by atoms with van der Waals surface area (Å²) in [7, 11) is 0. The van der Waals surface area contributed by atoms with Crippen molar-refractivity contribution in [2.45, 2.75) is 39.5 Å². The van der Waals surface area contributed by atoms with Crippen LogP contribution >= 0.6 is 0 Å². The summed E-state index contributed by atoms with van der Waals surface area (Å²) in [5.41, 5.74) is 3.60. The second-order valence-electron chi connectivity index (χ2n) is 7.35. The van der Waals surface area contributed by atoms with E-state index in [1.807, 2.05) is 32.0 Å². The van der Waals surface area contributed by atoms with E-state index in [2.05, 4.69) is 10.6 Å². The van der Waals surface area contributed by atoms with Crippen molar-refractivity contribution in [3.63, 3.8) is 0 Å². The van der Waals surface area contributed by atoms with Crippen molar-refractivity contribution in [2.24, 2.45) is 11.8 Å². The standard InChI is InChI=1S/C22H25FN2O2/c1-14-3-4-15(2)20(13-14)25-22(27)17-7-5-16(6-8-17)21(26)24-19-11-9-18(23)10-12-19/h3-4,9-13,16-17H,5-8H2,1-2H3,(H,24,26)(H,25,27). The lowest BCUT2D eigenvalue weighted by Gasteiger charge is -2.27. The van der Waals surface area contributed by atoms with Crippen molar-refractivity contribution in [2.75, 3.05) is 10.6 Å². The van der Waals surface area contributed by atoms with E-state index in [4.69, 9.17) is 0 Å². The van der Waals surface area contributed by atoms with Crippen molar-refractivity contribution in [3.8, 4) is 0 Å². The van der Waals surface area contributed by atoms with Crippen LogP contribution in [0.25, 0.3) is 0 Å². The third-order valence-corrected chi connectivity index (χ3v) is 5.23. The monoisotopic (exact) mass is 368 g/mol. The number of hydrogen-bond acceptors (Lipinski definition) is 2. The fraction of sp³-hybridized carbons (Fsp3) is 0.364. The van der Waals surface area contributed by atoms with E-state index < -0.39 is 0 Å². The second kappa shape index (κ2) is 8.33. The number of rotatable bonds is 4. The van der Waals surface area contributed by atoms with Gasteiger partial charge in [0.1, 0.15) is 5.82 Å². The number of aryl methyl sites for hydroxylation is 2. The summed E-state index contributed by atoms with van der Waals surface area (Å²) in [6.45, 7) is 3.98. The first-order valence-electron chi connectivity index (χ1n) is 9.37. The van der Waals surface area contributed by atoms with Gasteiger partial charge in [-0.05, 0) is 81.0 Å². The topological polar surface area (TPSA) is 58.2 Å². The molecule has 0 aliphatic heterocycles. The molecule has 0 unspecified atom stereocenters. The largest absolute Gasteiger partial charge is 0.326 e. The SMILES string of the molecule is Cc1ccc(C)c(NC(=O)C2CCC(C(=O)Nc3ccc(F)cc3)CC2)c1. The van der Waals surface area contributed by atoms with Gasteiger partial charge in [-0.3, -0.25) is 9.59 Å². The summed E-state index contributed by atoms with van der Waals surface area (Å²) >= 11 is 0. The minimum absolute atomic E-state index is 0.0288. The highest BCUT2D eigenvalue weighted by Gasteiger charge is 2.30. The van der Waals surface area contributed by atoms with Crippen LogP contribution in [-0.2, 0) is 9.59 Å². The molecule has 0 atom stereocenters. The van der Waals surface area contributed by atoms with E-state index >= 15 is 0 Å². The van der Waals surface area contributed by atoms with Crippen LogP contribution in [0.3, 0.4) is 0 Å². The third-order valence-electron chi connectivity index (χ3n) is 5.23. The molecule has 1 aliphatic carbocycles. The van der Waals surface area contributed by atoms with Crippen LogP contribution in [0.2, 0.25) is 0 Å². The lowest BCUT2D eigenvalue weighted by atomic mass is 9.81. The summed E-state index contributed by atoms with van der Waals surface area (Å²) in [6.07, 6.45) is 2.74. The Labute approximate surface area is 159 Å². The van der Waals surface area contributed by atoms with E-state index in [0.717, 1.165) is 16.8 Å². The van der Waals surface area contributed by atoms with Gasteiger partial charge < -0.3 is 10.6 Å². The van der Waals surface area contributed by atoms with Gasteiger partial charge in [0.25, 0.3) is 0 Å². The average molecular weight is 368 g/mol. The Balaban J connectivity index is 1.52. The van der Waals surface area contributed by atoms with E-state index in [1.54, 1.807) is 12.1 Å². The van der Waals surface area contributed by atoms with E-state index in [9.17, 15) is 14.0 Å². The number of halogens is 1. The molecule has 1 saturated carbocycles. The summed E-state index contributed by atoms with van der Waals surface area (Å²) in [4.78, 5) is 25.0. The maximum atomic E-state index is 13.0. The Morgan fingerprint density at radius 3 is 2.00 bits per heavy atom. The first-order chi connectivity index (χ1) is 12.9. The molecule has 27 heavy (non-hydrogen) atoms. The molecule has 3 rings (SSSR count). The zero-order valence-corrected chi connectivity index (χ0v) is 15.7. The van der Waals surface area contributed by atoms with Crippen molar-refractivity contribution in [1.29, 1.82) is 0 Å². The molecular formula is C22H25FN2O2. The maximum absolute atomic E-state index is 13.0. The zero-order chi connectivity index (χ0) is 19.4. The van der Waals surface area contributed by atoms with E-state index in [0.29, 0.717) is 31.4 Å². The minimum atomic E-state index is -0.330. The van der Waals surface area contributed by atoms with E-state index in [1.165, 1.54) is 12.1 Å². The second-order valence-corrected chi connectivity index (χ2v) is 7.35. The van der Waals surface area contributed by atoms with Crippen LogP contribution in [0.1, 0.15) is 36.8 Å². The molecule has 5 heteroatoms. The highest BCUT2D eigenvalue weighted by Crippen LogP contribution is 2.31. The Morgan fingerprint density at radius 1 is 0.852 bits per heavy atom. The number of carbonyl (C=O) groups excluding carboxylic acids is 2. The molecule has 142 valence electrons. The molecule has 0 bridgehead atoms. The number of hydrogen-bond donors (Lipinski definition) is 2. The van der Waals surface area contributed by atoms with Crippen LogP contribution in [0.15, 0.2) is 42.5 Å². The van der Waals surface area contributed by atoms with Crippen LogP contribution < -0.4 is 10.6 Å². The molecule has 2 amide bonds. The fourth-order valence-electron chi connectivity index (χ4n) is 3.50. The quantitative estimate of drug-likeness (QED) is 0.812. The molecule has 4 nitrogen and oxygen atoms in total. The van der Waals surface area contributed by atoms with Crippen LogP contribution in [0.4, 0.5) is 15.8 Å². The Kier molecular flexibility index (Phi) is 5.89. The number of carbonyl (C=O) groups is 2. The molecule has 2 N–H and O–H groups in total. The molecule has 0 aromatic heterocycles. The molecular weight excluding hydrogens is 343 g/mol. The van der Waals surface area contributed by atoms with Crippen molar-refractivity contribution in [3.05, 3.63) is 59.4 Å². The first kappa shape index (κ1) is 19.1. The van der Waals surface area contributed by atoms with Crippen molar-refractivity contribution in [1.82, 2.24) is 0 Å². The van der Waals surface area contributed by atoms with Crippen molar-refractivity contribution >= 4 is 23.2 Å². The number of anilines is 2. The first-order valence-corrected chi connectivity index (χ1v) is 9.37. The molecule has 0 heterocycles. The molecule has 0 spiro atoms. The van der Waals surface area contributed by atoms with Gasteiger partial charge in [-0.15, -0.1) is 0 Å². The molecule has 1 fully saturated rings. The minimum Gasteiger partial charge on any atom is -0.326 e. The van der Waals surface area contributed by atoms with Gasteiger partial charge >= 0.3 is 0 Å². The predicted molar refractivity (Wildman–Crippen MR) is 105 cm³/mol. The molecule has 0 radical (unpaired) electrons. The molecule has 2 aromatic carbocycles. The Hall–Kier alpha value is -2.69. The highest BCUT2D eigenvalue weighted by molar-refractivity contribution is 5.95. The van der Waals surface area contributed by atoms with Gasteiger partial charge in [-0.2, -0.15) is 0 Å². The Bertz CT molecular complexity index is 825. The summed E-state index contributed by atoms with van der Waals surface area (Å²) in [5.74, 6) is -0.543. The lowest BCUT2D eigenvalue weighted by molar-refractivity contribution is -0.125. The van der Waals surface area contributed by atoms with Gasteiger partial charge in [0, 0.05) is 23.2 Å². The lowest BCUT2D eigenvalue weighted by Crippen LogP contribution is -2.32. The normalized spacial score (nSPS) is 19.4. The number of benzene rings is 2. The van der Waals surface area contributed by atoms with Crippen LogP contribution in [-0.4, -0.2) is 11.8 Å². The average Bonchev–Trinajstić information content (AvgIpc) is 2.66. The molecule has 1 aliphatic rings. The van der Waals surface area contributed by atoms with Gasteiger partial charge in [0.15, 0.2) is 0 Å². The van der Waals surface area contributed by atoms with Gasteiger partial charge in [0.05, 0.1) is 0 Å². The fourth-order valence-corrected chi connectivity index (χ4v) is 3.50. The summed E-state index contributed by atoms with van der Waals surface area (Å²) < 4.78 is 13.0. The zero-order valence-electron chi connectivity index (χ0n) is 15.7. The summed E-state index contributed by atoms with van der Waals surface area (Å²) in [5, 5.41) is 5.87. The Morgan fingerprint density at radius 2 is 1.41 bits per heavy atom. The summed E-state index contributed by atoms with van der Waals surface area (Å²) in [6, 6.07) is 11.8. The predicted octanol–water partition coefficient (Wildman–Crippen LogP) is 4.83. The van der Waals surface area contributed by atoms with Crippen LogP contribution in [0.5, 0.6) is 0 Å².